The summed E-state index contributed by atoms with van der Waals surface area (Å²) in [7, 11) is 0. The van der Waals surface area contributed by atoms with Gasteiger partial charge in [-0.1, -0.05) is 0 Å². The molecular formula is C9H20N2. The Balaban J connectivity index is 2.43. The van der Waals surface area contributed by atoms with E-state index >= 15 is 0 Å². The molecule has 1 heterocycles. The molecule has 0 saturated carbocycles. The van der Waals surface area contributed by atoms with Gasteiger partial charge in [0, 0.05) is 5.54 Å². The lowest BCUT2D eigenvalue weighted by atomic mass is 9.83. The maximum Gasteiger partial charge on any atom is 0.0126 e. The molecule has 66 valence electrons. The average molecular weight is 156 g/mol. The lowest BCUT2D eigenvalue weighted by molar-refractivity contribution is 0.293. The molecular weight excluding hydrogens is 136 g/mol. The fourth-order valence-corrected chi connectivity index (χ4v) is 1.76. The molecule has 0 aromatic heterocycles. The van der Waals surface area contributed by atoms with E-state index in [1.165, 1.54) is 25.8 Å². The summed E-state index contributed by atoms with van der Waals surface area (Å²) >= 11 is 0. The van der Waals surface area contributed by atoms with E-state index in [2.05, 4.69) is 19.2 Å². The van der Waals surface area contributed by atoms with E-state index in [4.69, 9.17) is 5.73 Å². The standard InChI is InChI=1S/C9H20N2/c1-9(2,10)8-4-3-6-11-7-5-8/h8,11H,3-7,10H2,1-2H3. The summed E-state index contributed by atoms with van der Waals surface area (Å²) in [5.74, 6) is 0.706. The van der Waals surface area contributed by atoms with Crippen molar-refractivity contribution in [1.29, 1.82) is 0 Å². The molecule has 1 atom stereocenters. The highest BCUT2D eigenvalue weighted by molar-refractivity contribution is 4.84. The number of hydrogen-bond acceptors (Lipinski definition) is 2. The Morgan fingerprint density at radius 1 is 1.27 bits per heavy atom. The highest BCUT2D eigenvalue weighted by Crippen LogP contribution is 2.23. The zero-order valence-corrected chi connectivity index (χ0v) is 7.69. The monoisotopic (exact) mass is 156 g/mol. The van der Waals surface area contributed by atoms with Crippen LogP contribution in [0.4, 0.5) is 0 Å². The molecule has 1 aliphatic heterocycles. The third-order valence-electron chi connectivity index (χ3n) is 2.63. The van der Waals surface area contributed by atoms with E-state index in [1.54, 1.807) is 0 Å². The Morgan fingerprint density at radius 2 is 2.00 bits per heavy atom. The Morgan fingerprint density at radius 3 is 2.64 bits per heavy atom. The van der Waals surface area contributed by atoms with Crippen LogP contribution in [0.15, 0.2) is 0 Å². The van der Waals surface area contributed by atoms with E-state index in [0.717, 1.165) is 6.54 Å². The van der Waals surface area contributed by atoms with Gasteiger partial charge in [0.15, 0.2) is 0 Å². The second kappa shape index (κ2) is 3.55. The van der Waals surface area contributed by atoms with Gasteiger partial charge in [0.2, 0.25) is 0 Å². The molecule has 0 radical (unpaired) electrons. The van der Waals surface area contributed by atoms with Gasteiger partial charge in [-0.3, -0.25) is 0 Å². The SMILES string of the molecule is CC(C)(N)C1CCCNCC1. The van der Waals surface area contributed by atoms with Crippen LogP contribution in [0.25, 0.3) is 0 Å². The molecule has 1 aliphatic rings. The van der Waals surface area contributed by atoms with Gasteiger partial charge < -0.3 is 11.1 Å². The Kier molecular flexibility index (Phi) is 2.90. The molecule has 0 aliphatic carbocycles. The fourth-order valence-electron chi connectivity index (χ4n) is 1.76. The summed E-state index contributed by atoms with van der Waals surface area (Å²) < 4.78 is 0. The van der Waals surface area contributed by atoms with Gasteiger partial charge in [0.1, 0.15) is 0 Å². The molecule has 1 saturated heterocycles. The first kappa shape index (κ1) is 9.01. The van der Waals surface area contributed by atoms with E-state index in [-0.39, 0.29) is 5.54 Å². The highest BCUT2D eigenvalue weighted by atomic mass is 14.9. The van der Waals surface area contributed by atoms with Crippen molar-refractivity contribution in [2.45, 2.75) is 38.6 Å². The first-order valence-corrected chi connectivity index (χ1v) is 4.60. The quantitative estimate of drug-likeness (QED) is 0.597. The van der Waals surface area contributed by atoms with Gasteiger partial charge in [0.25, 0.3) is 0 Å². The summed E-state index contributed by atoms with van der Waals surface area (Å²) in [4.78, 5) is 0. The van der Waals surface area contributed by atoms with Gasteiger partial charge in [-0.05, 0) is 52.1 Å². The normalized spacial score (nSPS) is 28.1. The van der Waals surface area contributed by atoms with E-state index < -0.39 is 0 Å². The van der Waals surface area contributed by atoms with Gasteiger partial charge in [-0.25, -0.2) is 0 Å². The van der Waals surface area contributed by atoms with Crippen LogP contribution in [0.3, 0.4) is 0 Å². The molecule has 2 nitrogen and oxygen atoms in total. The van der Waals surface area contributed by atoms with E-state index in [1.807, 2.05) is 0 Å². The molecule has 0 amide bonds. The average Bonchev–Trinajstić information content (AvgIpc) is 2.10. The van der Waals surface area contributed by atoms with Crippen molar-refractivity contribution in [2.24, 2.45) is 11.7 Å². The Bertz CT molecular complexity index is 107. The molecule has 0 bridgehead atoms. The summed E-state index contributed by atoms with van der Waals surface area (Å²) in [5.41, 5.74) is 6.07. The molecule has 0 aromatic rings. The van der Waals surface area contributed by atoms with Crippen LogP contribution >= 0.6 is 0 Å². The van der Waals surface area contributed by atoms with Gasteiger partial charge in [-0.2, -0.15) is 0 Å². The van der Waals surface area contributed by atoms with E-state index in [9.17, 15) is 0 Å². The van der Waals surface area contributed by atoms with E-state index in [0.29, 0.717) is 5.92 Å². The van der Waals surface area contributed by atoms with Gasteiger partial charge in [0.05, 0.1) is 0 Å². The minimum Gasteiger partial charge on any atom is -0.325 e. The number of rotatable bonds is 1. The second-order valence-corrected chi connectivity index (χ2v) is 4.20. The molecule has 1 rings (SSSR count). The Labute approximate surface area is 69.5 Å². The summed E-state index contributed by atoms with van der Waals surface area (Å²) in [6.07, 6.45) is 3.81. The van der Waals surface area contributed by atoms with Crippen molar-refractivity contribution in [1.82, 2.24) is 5.32 Å². The predicted octanol–water partition coefficient (Wildman–Crippen LogP) is 1.11. The van der Waals surface area contributed by atoms with Crippen LogP contribution in [0, 0.1) is 5.92 Å². The fraction of sp³-hybridized carbons (Fsp3) is 1.00. The van der Waals surface area contributed by atoms with Crippen LogP contribution in [0.5, 0.6) is 0 Å². The van der Waals surface area contributed by atoms with Crippen LogP contribution in [-0.4, -0.2) is 18.6 Å². The van der Waals surface area contributed by atoms with Crippen LogP contribution in [-0.2, 0) is 0 Å². The summed E-state index contributed by atoms with van der Waals surface area (Å²) in [5, 5.41) is 3.39. The van der Waals surface area contributed by atoms with Crippen LogP contribution < -0.4 is 11.1 Å². The molecule has 1 fully saturated rings. The second-order valence-electron chi connectivity index (χ2n) is 4.20. The maximum absolute atomic E-state index is 6.05. The lowest BCUT2D eigenvalue weighted by Gasteiger charge is -2.29. The van der Waals surface area contributed by atoms with Crippen molar-refractivity contribution in [3.8, 4) is 0 Å². The van der Waals surface area contributed by atoms with Crippen molar-refractivity contribution < 1.29 is 0 Å². The Hall–Kier alpha value is -0.0800. The third-order valence-corrected chi connectivity index (χ3v) is 2.63. The van der Waals surface area contributed by atoms with Crippen LogP contribution in [0.1, 0.15) is 33.1 Å². The lowest BCUT2D eigenvalue weighted by Crippen LogP contribution is -2.41. The summed E-state index contributed by atoms with van der Waals surface area (Å²) in [6, 6.07) is 0. The van der Waals surface area contributed by atoms with Crippen molar-refractivity contribution >= 4 is 0 Å². The number of nitrogens with two attached hydrogens (primary N) is 1. The third kappa shape index (κ3) is 2.80. The molecule has 11 heavy (non-hydrogen) atoms. The zero-order chi connectivity index (χ0) is 8.32. The molecule has 1 unspecified atom stereocenters. The topological polar surface area (TPSA) is 38.0 Å². The molecule has 3 N–H and O–H groups in total. The predicted molar refractivity (Wildman–Crippen MR) is 48.5 cm³/mol. The first-order chi connectivity index (χ1) is 5.11. The number of hydrogen-bond donors (Lipinski definition) is 2. The minimum atomic E-state index is 0.0199. The van der Waals surface area contributed by atoms with Crippen LogP contribution in [0.2, 0.25) is 0 Å². The van der Waals surface area contributed by atoms with Crippen molar-refractivity contribution in [3.05, 3.63) is 0 Å². The van der Waals surface area contributed by atoms with Gasteiger partial charge in [-0.15, -0.1) is 0 Å². The minimum absolute atomic E-state index is 0.0199. The molecule has 0 aromatic carbocycles. The maximum atomic E-state index is 6.05. The number of nitrogens with one attached hydrogen (secondary N) is 1. The van der Waals surface area contributed by atoms with Crippen molar-refractivity contribution in [3.63, 3.8) is 0 Å². The first-order valence-electron chi connectivity index (χ1n) is 4.60. The highest BCUT2D eigenvalue weighted by Gasteiger charge is 2.25. The van der Waals surface area contributed by atoms with Crippen molar-refractivity contribution in [2.75, 3.05) is 13.1 Å². The smallest absolute Gasteiger partial charge is 0.0126 e. The zero-order valence-electron chi connectivity index (χ0n) is 7.69. The molecule has 0 spiro atoms. The van der Waals surface area contributed by atoms with Gasteiger partial charge >= 0.3 is 0 Å². The largest absolute Gasteiger partial charge is 0.325 e. The summed E-state index contributed by atoms with van der Waals surface area (Å²) in [6.45, 7) is 6.60. The molecule has 2 heteroatoms.